The molecule has 1 amide bonds. The summed E-state index contributed by atoms with van der Waals surface area (Å²) >= 11 is 0. The van der Waals surface area contributed by atoms with Crippen molar-refractivity contribution in [2.24, 2.45) is 5.92 Å². The maximum Gasteiger partial charge on any atom is 0.228 e. The molecule has 0 radical (unpaired) electrons. The third-order valence-electron chi connectivity index (χ3n) is 4.12. The first-order chi connectivity index (χ1) is 11.8. The van der Waals surface area contributed by atoms with Gasteiger partial charge in [0.15, 0.2) is 0 Å². The average Bonchev–Trinajstić information content (AvgIpc) is 2.74. The fraction of sp³-hybridized carbons (Fsp3) is 0.500. The van der Waals surface area contributed by atoms with Gasteiger partial charge in [0.05, 0.1) is 12.1 Å². The van der Waals surface area contributed by atoms with Crippen LogP contribution in [0.25, 0.3) is 0 Å². The van der Waals surface area contributed by atoms with Gasteiger partial charge >= 0.3 is 0 Å². The number of carbonyl (C=O) groups excluding carboxylic acids is 1. The highest BCUT2D eigenvalue weighted by Gasteiger charge is 2.15. The van der Waals surface area contributed by atoms with Crippen molar-refractivity contribution in [2.75, 3.05) is 19.4 Å². The number of carbonyl (C=O) groups is 1. The number of anilines is 1. The van der Waals surface area contributed by atoms with Crippen LogP contribution in [0.1, 0.15) is 36.4 Å². The van der Waals surface area contributed by atoms with Gasteiger partial charge in [0, 0.05) is 30.0 Å². The summed E-state index contributed by atoms with van der Waals surface area (Å²) in [6.45, 7) is 10.1. The summed E-state index contributed by atoms with van der Waals surface area (Å²) in [7, 11) is 4.07. The van der Waals surface area contributed by atoms with Crippen LogP contribution in [0.2, 0.25) is 0 Å². The number of hydrogen-bond acceptors (Lipinski definition) is 3. The van der Waals surface area contributed by atoms with E-state index in [1.807, 2.05) is 50.8 Å². The Balaban J connectivity index is 2.07. The number of hydrogen-bond donors (Lipinski definition) is 1. The van der Waals surface area contributed by atoms with Crippen LogP contribution in [0.3, 0.4) is 0 Å². The molecule has 1 aromatic heterocycles. The molecule has 1 aromatic carbocycles. The number of amides is 1. The molecule has 0 saturated heterocycles. The van der Waals surface area contributed by atoms with Crippen molar-refractivity contribution >= 4 is 11.6 Å². The molecule has 136 valence electrons. The highest BCUT2D eigenvalue weighted by atomic mass is 16.1. The highest BCUT2D eigenvalue weighted by Crippen LogP contribution is 2.17. The minimum atomic E-state index is -0.00250. The quantitative estimate of drug-likeness (QED) is 0.839. The van der Waals surface area contributed by atoms with Crippen molar-refractivity contribution in [1.29, 1.82) is 0 Å². The van der Waals surface area contributed by atoms with Crippen LogP contribution in [0, 0.1) is 19.8 Å². The van der Waals surface area contributed by atoms with Gasteiger partial charge in [-0.1, -0.05) is 26.0 Å². The Kier molecular flexibility index (Phi) is 6.37. The lowest BCUT2D eigenvalue weighted by Crippen LogP contribution is -2.16. The second-order valence-electron chi connectivity index (χ2n) is 7.39. The summed E-state index contributed by atoms with van der Waals surface area (Å²) in [5.74, 6) is 0.524. The molecule has 0 atom stereocenters. The topological polar surface area (TPSA) is 50.2 Å². The largest absolute Gasteiger partial charge is 0.326 e. The summed E-state index contributed by atoms with van der Waals surface area (Å²) in [6.07, 6.45) is 0.355. The first-order valence-electron chi connectivity index (χ1n) is 8.82. The van der Waals surface area contributed by atoms with Gasteiger partial charge in [-0.25, -0.2) is 0 Å². The first-order valence-corrected chi connectivity index (χ1v) is 8.82. The number of rotatable bonds is 7. The Labute approximate surface area is 151 Å². The third-order valence-corrected chi connectivity index (χ3v) is 4.12. The van der Waals surface area contributed by atoms with Gasteiger partial charge in [-0.3, -0.25) is 9.48 Å². The lowest BCUT2D eigenvalue weighted by Gasteiger charge is -2.12. The lowest BCUT2D eigenvalue weighted by molar-refractivity contribution is -0.115. The molecule has 5 nitrogen and oxygen atoms in total. The van der Waals surface area contributed by atoms with E-state index < -0.39 is 0 Å². The average molecular weight is 342 g/mol. The molecule has 0 aliphatic rings. The molecule has 25 heavy (non-hydrogen) atoms. The molecule has 0 fully saturated rings. The predicted molar refractivity (Wildman–Crippen MR) is 103 cm³/mol. The summed E-state index contributed by atoms with van der Waals surface area (Å²) in [5.41, 5.74) is 5.08. The monoisotopic (exact) mass is 342 g/mol. The Morgan fingerprint density at radius 2 is 2.00 bits per heavy atom. The van der Waals surface area contributed by atoms with Gasteiger partial charge in [0.2, 0.25) is 5.91 Å². The van der Waals surface area contributed by atoms with Crippen LogP contribution in [0.5, 0.6) is 0 Å². The van der Waals surface area contributed by atoms with E-state index in [1.165, 1.54) is 5.56 Å². The van der Waals surface area contributed by atoms with Crippen molar-refractivity contribution < 1.29 is 4.79 Å². The standard InChI is InChI=1S/C20H30N4O/c1-14(2)12-24-16(4)19(15(3)22-24)11-20(25)21-18-9-7-8-17(10-18)13-23(5)6/h7-10,14H,11-13H2,1-6H3,(H,21,25). The van der Waals surface area contributed by atoms with Crippen molar-refractivity contribution in [3.8, 4) is 0 Å². The molecule has 0 saturated carbocycles. The van der Waals surface area contributed by atoms with Crippen LogP contribution in [0.4, 0.5) is 5.69 Å². The lowest BCUT2D eigenvalue weighted by atomic mass is 10.1. The number of nitrogens with one attached hydrogen (secondary N) is 1. The summed E-state index contributed by atoms with van der Waals surface area (Å²) in [5, 5.41) is 7.60. The molecule has 0 aliphatic carbocycles. The van der Waals surface area contributed by atoms with Gasteiger partial charge in [0.1, 0.15) is 0 Å². The van der Waals surface area contributed by atoms with Crippen LogP contribution < -0.4 is 5.32 Å². The van der Waals surface area contributed by atoms with Gasteiger partial charge in [-0.15, -0.1) is 0 Å². The Hall–Kier alpha value is -2.14. The molecule has 0 bridgehead atoms. The van der Waals surface area contributed by atoms with Crippen LogP contribution in [-0.2, 0) is 24.3 Å². The second-order valence-corrected chi connectivity index (χ2v) is 7.39. The number of aryl methyl sites for hydroxylation is 1. The number of benzene rings is 1. The first kappa shape index (κ1) is 19.2. The number of nitrogens with zero attached hydrogens (tertiary/aromatic N) is 3. The molecule has 1 N–H and O–H groups in total. The second kappa shape index (κ2) is 8.30. The van der Waals surface area contributed by atoms with Crippen LogP contribution in [-0.4, -0.2) is 34.7 Å². The minimum Gasteiger partial charge on any atom is -0.326 e. The van der Waals surface area contributed by atoms with Gasteiger partial charge < -0.3 is 10.2 Å². The van der Waals surface area contributed by atoms with Crippen molar-refractivity contribution in [3.05, 3.63) is 46.8 Å². The minimum absolute atomic E-state index is 0.00250. The van der Waals surface area contributed by atoms with Crippen LogP contribution >= 0.6 is 0 Å². The smallest absolute Gasteiger partial charge is 0.228 e. The van der Waals surface area contributed by atoms with E-state index >= 15 is 0 Å². The third kappa shape index (κ3) is 5.43. The zero-order valence-corrected chi connectivity index (χ0v) is 16.3. The molecule has 2 aromatic rings. The van der Waals surface area contributed by atoms with Crippen molar-refractivity contribution in [1.82, 2.24) is 14.7 Å². The highest BCUT2D eigenvalue weighted by molar-refractivity contribution is 5.92. The van der Waals surface area contributed by atoms with E-state index in [4.69, 9.17) is 0 Å². The molecule has 0 unspecified atom stereocenters. The van der Waals surface area contributed by atoms with E-state index in [0.29, 0.717) is 12.3 Å². The fourth-order valence-corrected chi connectivity index (χ4v) is 2.99. The molecule has 5 heteroatoms. The molecule has 2 rings (SSSR count). The fourth-order valence-electron chi connectivity index (χ4n) is 2.99. The summed E-state index contributed by atoms with van der Waals surface area (Å²) in [4.78, 5) is 14.6. The summed E-state index contributed by atoms with van der Waals surface area (Å²) in [6, 6.07) is 8.00. The molecule has 0 aliphatic heterocycles. The molecule has 0 spiro atoms. The number of aromatic nitrogens is 2. The van der Waals surface area contributed by atoms with Gasteiger partial charge in [0.25, 0.3) is 0 Å². The maximum absolute atomic E-state index is 12.5. The van der Waals surface area contributed by atoms with E-state index in [0.717, 1.165) is 35.7 Å². The van der Waals surface area contributed by atoms with E-state index in [1.54, 1.807) is 0 Å². The zero-order chi connectivity index (χ0) is 18.6. The van der Waals surface area contributed by atoms with Crippen LogP contribution in [0.15, 0.2) is 24.3 Å². The summed E-state index contributed by atoms with van der Waals surface area (Å²) < 4.78 is 2.01. The van der Waals surface area contributed by atoms with Crippen molar-refractivity contribution in [2.45, 2.75) is 47.2 Å². The molecule has 1 heterocycles. The van der Waals surface area contributed by atoms with E-state index in [9.17, 15) is 4.79 Å². The van der Waals surface area contributed by atoms with Gasteiger partial charge in [-0.2, -0.15) is 5.10 Å². The molecular weight excluding hydrogens is 312 g/mol. The normalized spacial score (nSPS) is 11.4. The van der Waals surface area contributed by atoms with Crippen molar-refractivity contribution in [3.63, 3.8) is 0 Å². The predicted octanol–water partition coefficient (Wildman–Crippen LogP) is 3.40. The van der Waals surface area contributed by atoms with E-state index in [-0.39, 0.29) is 5.91 Å². The SMILES string of the molecule is Cc1nn(CC(C)C)c(C)c1CC(=O)Nc1cccc(CN(C)C)c1. The Morgan fingerprint density at radius 1 is 1.28 bits per heavy atom. The van der Waals surface area contributed by atoms with Gasteiger partial charge in [-0.05, 0) is 51.6 Å². The molecular formula is C20H30N4O. The van der Waals surface area contributed by atoms with E-state index in [2.05, 4.69) is 35.2 Å². The Bertz CT molecular complexity index is 731. The zero-order valence-electron chi connectivity index (χ0n) is 16.3. The Morgan fingerprint density at radius 3 is 2.64 bits per heavy atom. The maximum atomic E-state index is 12.5.